The summed E-state index contributed by atoms with van der Waals surface area (Å²) < 4.78 is 5.78. The minimum absolute atomic E-state index is 0.0459. The Kier molecular flexibility index (Phi) is 3.85. The van der Waals surface area contributed by atoms with Gasteiger partial charge in [-0.15, -0.1) is 0 Å². The van der Waals surface area contributed by atoms with E-state index in [-0.39, 0.29) is 18.3 Å². The van der Waals surface area contributed by atoms with E-state index >= 15 is 0 Å². The second-order valence-electron chi connectivity index (χ2n) is 5.41. The van der Waals surface area contributed by atoms with Crippen LogP contribution in [-0.4, -0.2) is 46.4 Å². The highest BCUT2D eigenvalue weighted by atomic mass is 16.5. The lowest BCUT2D eigenvalue weighted by Crippen LogP contribution is -2.53. The first-order valence-corrected chi connectivity index (χ1v) is 6.21. The van der Waals surface area contributed by atoms with Gasteiger partial charge in [-0.25, -0.2) is 4.98 Å². The Morgan fingerprint density at radius 1 is 1.56 bits per heavy atom. The van der Waals surface area contributed by atoms with Gasteiger partial charge in [0.25, 0.3) is 0 Å². The highest BCUT2D eigenvalue weighted by molar-refractivity contribution is 5.28. The summed E-state index contributed by atoms with van der Waals surface area (Å²) in [5, 5.41) is 9.26. The average Bonchev–Trinajstić information content (AvgIpc) is 2.26. The quantitative estimate of drug-likeness (QED) is 0.824. The number of pyridine rings is 1. The third-order valence-corrected chi connectivity index (χ3v) is 2.97. The molecule has 0 aromatic carbocycles. The molecule has 1 atom stereocenters. The van der Waals surface area contributed by atoms with Gasteiger partial charge in [-0.2, -0.15) is 0 Å². The number of rotatable bonds is 3. The maximum Gasteiger partial charge on any atom is 0.123 e. The molecular formula is C13H21N3O2. The molecule has 5 heteroatoms. The van der Waals surface area contributed by atoms with Crippen LogP contribution in [0.1, 0.15) is 19.5 Å². The van der Waals surface area contributed by atoms with Crippen LogP contribution in [-0.2, 0) is 11.3 Å². The molecule has 1 aromatic rings. The van der Waals surface area contributed by atoms with Crippen molar-refractivity contribution in [3.05, 3.63) is 23.9 Å². The number of ether oxygens (including phenoxy) is 1. The molecule has 0 radical (unpaired) electrons. The fourth-order valence-corrected chi connectivity index (χ4v) is 2.45. The Labute approximate surface area is 108 Å². The van der Waals surface area contributed by atoms with Gasteiger partial charge in [0.1, 0.15) is 5.82 Å². The van der Waals surface area contributed by atoms with E-state index in [0.717, 1.165) is 25.3 Å². The Morgan fingerprint density at radius 3 is 3.00 bits per heavy atom. The summed E-state index contributed by atoms with van der Waals surface area (Å²) in [6.07, 6.45) is -0.130. The molecule has 1 aromatic heterocycles. The predicted octanol–water partition coefficient (Wildman–Crippen LogP) is 0.636. The molecule has 18 heavy (non-hydrogen) atoms. The van der Waals surface area contributed by atoms with Crippen LogP contribution in [0.2, 0.25) is 0 Å². The Bertz CT molecular complexity index is 409. The van der Waals surface area contributed by atoms with E-state index in [4.69, 9.17) is 10.5 Å². The number of aliphatic hydroxyl groups is 1. The van der Waals surface area contributed by atoms with E-state index in [1.807, 2.05) is 26.0 Å². The topological polar surface area (TPSA) is 71.6 Å². The molecule has 2 heterocycles. The van der Waals surface area contributed by atoms with E-state index < -0.39 is 0 Å². The second-order valence-corrected chi connectivity index (χ2v) is 5.41. The number of hydrogen-bond donors (Lipinski definition) is 2. The first-order valence-electron chi connectivity index (χ1n) is 6.21. The van der Waals surface area contributed by atoms with Gasteiger partial charge in [0.05, 0.1) is 24.0 Å². The minimum atomic E-state index is -0.244. The van der Waals surface area contributed by atoms with Crippen LogP contribution in [0.3, 0.4) is 0 Å². The molecule has 1 saturated heterocycles. The monoisotopic (exact) mass is 251 g/mol. The molecule has 0 saturated carbocycles. The molecular weight excluding hydrogens is 230 g/mol. The molecule has 0 aliphatic carbocycles. The van der Waals surface area contributed by atoms with Gasteiger partial charge in [0.2, 0.25) is 0 Å². The van der Waals surface area contributed by atoms with Crippen molar-refractivity contribution in [2.45, 2.75) is 32.1 Å². The third-order valence-electron chi connectivity index (χ3n) is 2.97. The van der Waals surface area contributed by atoms with Crippen LogP contribution in [0.4, 0.5) is 5.82 Å². The lowest BCUT2D eigenvalue weighted by atomic mass is 10.1. The van der Waals surface area contributed by atoms with Gasteiger partial charge in [0.15, 0.2) is 0 Å². The number of anilines is 1. The number of hydrogen-bond acceptors (Lipinski definition) is 5. The van der Waals surface area contributed by atoms with E-state index in [0.29, 0.717) is 5.82 Å². The Hall–Kier alpha value is -1.17. The summed E-state index contributed by atoms with van der Waals surface area (Å²) in [6, 6.07) is 5.66. The zero-order valence-corrected chi connectivity index (χ0v) is 11.0. The van der Waals surface area contributed by atoms with Crippen molar-refractivity contribution in [1.82, 2.24) is 9.88 Å². The van der Waals surface area contributed by atoms with Crippen molar-refractivity contribution < 1.29 is 9.84 Å². The highest BCUT2D eigenvalue weighted by Gasteiger charge is 2.32. The van der Waals surface area contributed by atoms with E-state index in [1.165, 1.54) is 0 Å². The fraction of sp³-hybridized carbons (Fsp3) is 0.615. The highest BCUT2D eigenvalue weighted by Crippen LogP contribution is 2.22. The number of morpholine rings is 1. The van der Waals surface area contributed by atoms with Crippen LogP contribution in [0, 0.1) is 0 Å². The predicted molar refractivity (Wildman–Crippen MR) is 70.0 cm³/mol. The lowest BCUT2D eigenvalue weighted by molar-refractivity contribution is -0.150. The van der Waals surface area contributed by atoms with Crippen LogP contribution in [0.25, 0.3) is 0 Å². The third kappa shape index (κ3) is 3.41. The largest absolute Gasteiger partial charge is 0.394 e. The molecule has 1 aliphatic rings. The molecule has 100 valence electrons. The zero-order valence-electron chi connectivity index (χ0n) is 11.0. The second kappa shape index (κ2) is 5.22. The summed E-state index contributed by atoms with van der Waals surface area (Å²) in [5.74, 6) is 0.540. The molecule has 5 nitrogen and oxygen atoms in total. The number of aromatic nitrogens is 1. The lowest BCUT2D eigenvalue weighted by Gasteiger charge is -2.42. The number of aliphatic hydroxyl groups excluding tert-OH is 1. The van der Waals surface area contributed by atoms with Gasteiger partial charge < -0.3 is 15.6 Å². The van der Waals surface area contributed by atoms with Crippen LogP contribution < -0.4 is 5.73 Å². The molecule has 1 unspecified atom stereocenters. The van der Waals surface area contributed by atoms with Gasteiger partial charge in [0, 0.05) is 19.6 Å². The van der Waals surface area contributed by atoms with Gasteiger partial charge in [-0.05, 0) is 26.0 Å². The van der Waals surface area contributed by atoms with Crippen molar-refractivity contribution >= 4 is 5.82 Å². The van der Waals surface area contributed by atoms with E-state index in [1.54, 1.807) is 6.07 Å². The summed E-state index contributed by atoms with van der Waals surface area (Å²) in [5.41, 5.74) is 6.38. The standard InChI is InChI=1S/C13H21N3O2/c1-13(2)9-16(7-11(8-17)18-13)6-10-4-3-5-12(14)15-10/h3-5,11,17H,6-9H2,1-2H3,(H2,14,15). The fourth-order valence-electron chi connectivity index (χ4n) is 2.45. The van der Waals surface area contributed by atoms with Crippen molar-refractivity contribution in [1.29, 1.82) is 0 Å². The van der Waals surface area contributed by atoms with Crippen molar-refractivity contribution in [3.63, 3.8) is 0 Å². The van der Waals surface area contributed by atoms with Crippen LogP contribution in [0.5, 0.6) is 0 Å². The maximum atomic E-state index is 9.26. The SMILES string of the molecule is CC1(C)CN(Cc2cccc(N)n2)CC(CO)O1. The van der Waals surface area contributed by atoms with Crippen LogP contribution in [0.15, 0.2) is 18.2 Å². The first-order chi connectivity index (χ1) is 8.48. The normalized spacial score (nSPS) is 24.1. The van der Waals surface area contributed by atoms with E-state index in [9.17, 15) is 5.11 Å². The number of nitrogen functional groups attached to an aromatic ring is 1. The molecule has 0 amide bonds. The summed E-state index contributed by atoms with van der Waals surface area (Å²) in [7, 11) is 0. The van der Waals surface area contributed by atoms with Gasteiger partial charge >= 0.3 is 0 Å². The average molecular weight is 251 g/mol. The van der Waals surface area contributed by atoms with E-state index in [2.05, 4.69) is 9.88 Å². The molecule has 3 N–H and O–H groups in total. The van der Waals surface area contributed by atoms with Gasteiger partial charge in [-0.3, -0.25) is 4.90 Å². The number of nitrogens with zero attached hydrogens (tertiary/aromatic N) is 2. The summed E-state index contributed by atoms with van der Waals surface area (Å²) in [6.45, 7) is 6.39. The molecule has 0 bridgehead atoms. The van der Waals surface area contributed by atoms with Crippen LogP contribution >= 0.6 is 0 Å². The minimum Gasteiger partial charge on any atom is -0.394 e. The Morgan fingerprint density at radius 2 is 2.33 bits per heavy atom. The first kappa shape index (κ1) is 13.3. The smallest absolute Gasteiger partial charge is 0.123 e. The van der Waals surface area contributed by atoms with Crippen molar-refractivity contribution in [2.24, 2.45) is 0 Å². The van der Waals surface area contributed by atoms with Crippen molar-refractivity contribution in [3.8, 4) is 0 Å². The maximum absolute atomic E-state index is 9.26. The summed E-state index contributed by atoms with van der Waals surface area (Å²) in [4.78, 5) is 6.54. The zero-order chi connectivity index (χ0) is 13.2. The number of nitrogens with two attached hydrogens (primary N) is 1. The van der Waals surface area contributed by atoms with Gasteiger partial charge in [-0.1, -0.05) is 6.07 Å². The molecule has 1 aliphatic heterocycles. The molecule has 2 rings (SSSR count). The molecule has 0 spiro atoms. The molecule has 1 fully saturated rings. The Balaban J connectivity index is 2.04. The summed E-state index contributed by atoms with van der Waals surface area (Å²) >= 11 is 0. The van der Waals surface area contributed by atoms with Crippen molar-refractivity contribution in [2.75, 3.05) is 25.4 Å².